The number of alkyl halides is 1. The van der Waals surface area contributed by atoms with Crippen LogP contribution in [0.15, 0.2) is 0 Å². The first-order valence-electron chi connectivity index (χ1n) is 8.96. The molecular weight excluding hydrogens is 284 g/mol. The van der Waals surface area contributed by atoms with E-state index in [9.17, 15) is 4.79 Å². The summed E-state index contributed by atoms with van der Waals surface area (Å²) in [6, 6.07) is 0. The van der Waals surface area contributed by atoms with Gasteiger partial charge in [-0.3, -0.25) is 4.79 Å². The fraction of sp³-hybridized carbons (Fsp3) is 0.944. The molecule has 0 bridgehead atoms. The Morgan fingerprint density at radius 3 is 1.86 bits per heavy atom. The standard InChI is InChI=1S/C18H35ClO2/c1-3-4-5-6-7-8-9-10-11-12-13-14-18(20)21-16-15-17(2)19/h17H,3-16H2,1-2H3. The number of halogens is 1. The van der Waals surface area contributed by atoms with Gasteiger partial charge in [0, 0.05) is 11.8 Å². The second-order valence-corrected chi connectivity index (χ2v) is 6.82. The van der Waals surface area contributed by atoms with E-state index < -0.39 is 0 Å². The topological polar surface area (TPSA) is 26.3 Å². The Labute approximate surface area is 137 Å². The summed E-state index contributed by atoms with van der Waals surface area (Å²) >= 11 is 5.79. The van der Waals surface area contributed by atoms with E-state index in [2.05, 4.69) is 6.92 Å². The third-order valence-corrected chi connectivity index (χ3v) is 3.98. The fourth-order valence-corrected chi connectivity index (χ4v) is 2.43. The van der Waals surface area contributed by atoms with Gasteiger partial charge >= 0.3 is 5.97 Å². The van der Waals surface area contributed by atoms with Gasteiger partial charge in [-0.25, -0.2) is 0 Å². The number of carbonyl (C=O) groups excluding carboxylic acids is 1. The monoisotopic (exact) mass is 318 g/mol. The molecule has 21 heavy (non-hydrogen) atoms. The lowest BCUT2D eigenvalue weighted by atomic mass is 10.1. The van der Waals surface area contributed by atoms with Gasteiger partial charge in [-0.15, -0.1) is 11.6 Å². The van der Waals surface area contributed by atoms with Crippen molar-refractivity contribution >= 4 is 17.6 Å². The maximum absolute atomic E-state index is 11.4. The van der Waals surface area contributed by atoms with Gasteiger partial charge < -0.3 is 4.74 Å². The molecule has 0 aromatic rings. The number of hydrogen-bond donors (Lipinski definition) is 0. The number of carbonyl (C=O) groups is 1. The number of unbranched alkanes of at least 4 members (excludes halogenated alkanes) is 10. The normalized spacial score (nSPS) is 12.3. The van der Waals surface area contributed by atoms with Crippen LogP contribution in [-0.2, 0) is 9.53 Å². The largest absolute Gasteiger partial charge is 0.466 e. The third-order valence-electron chi connectivity index (χ3n) is 3.76. The molecule has 0 rings (SSSR count). The number of ether oxygens (including phenoxy) is 1. The molecule has 0 aromatic carbocycles. The summed E-state index contributed by atoms with van der Waals surface area (Å²) in [4.78, 5) is 11.4. The zero-order valence-corrected chi connectivity index (χ0v) is 14.9. The van der Waals surface area contributed by atoms with Crippen molar-refractivity contribution in [3.05, 3.63) is 0 Å². The summed E-state index contributed by atoms with van der Waals surface area (Å²) in [6.07, 6.45) is 15.6. The Hall–Kier alpha value is -0.240. The fourth-order valence-electron chi connectivity index (χ4n) is 2.34. The van der Waals surface area contributed by atoms with E-state index in [-0.39, 0.29) is 11.3 Å². The van der Waals surface area contributed by atoms with Crippen molar-refractivity contribution in [2.45, 2.75) is 103 Å². The Morgan fingerprint density at radius 1 is 0.905 bits per heavy atom. The number of esters is 1. The first-order valence-corrected chi connectivity index (χ1v) is 9.40. The van der Waals surface area contributed by atoms with Crippen LogP contribution in [0.2, 0.25) is 0 Å². The summed E-state index contributed by atoms with van der Waals surface area (Å²) in [5.74, 6) is -0.0664. The van der Waals surface area contributed by atoms with Crippen LogP contribution >= 0.6 is 11.6 Å². The van der Waals surface area contributed by atoms with Gasteiger partial charge in [0.05, 0.1) is 6.61 Å². The van der Waals surface area contributed by atoms with Gasteiger partial charge in [-0.1, -0.05) is 71.1 Å². The molecule has 0 amide bonds. The zero-order valence-electron chi connectivity index (χ0n) is 14.2. The van der Waals surface area contributed by atoms with Crippen LogP contribution in [-0.4, -0.2) is 18.0 Å². The highest BCUT2D eigenvalue weighted by Crippen LogP contribution is 2.12. The van der Waals surface area contributed by atoms with Gasteiger partial charge in [0.25, 0.3) is 0 Å². The van der Waals surface area contributed by atoms with Crippen LogP contribution in [0.3, 0.4) is 0 Å². The van der Waals surface area contributed by atoms with Crippen LogP contribution in [0.5, 0.6) is 0 Å². The van der Waals surface area contributed by atoms with Crippen molar-refractivity contribution in [1.82, 2.24) is 0 Å². The number of rotatable bonds is 15. The molecule has 0 aromatic heterocycles. The minimum atomic E-state index is -0.0664. The molecule has 1 unspecified atom stereocenters. The maximum Gasteiger partial charge on any atom is 0.305 e. The molecule has 126 valence electrons. The van der Waals surface area contributed by atoms with Crippen LogP contribution in [0.4, 0.5) is 0 Å². The Kier molecular flexibility index (Phi) is 16.0. The van der Waals surface area contributed by atoms with E-state index >= 15 is 0 Å². The molecule has 0 spiro atoms. The third kappa shape index (κ3) is 17.7. The first-order chi connectivity index (χ1) is 10.2. The van der Waals surface area contributed by atoms with E-state index in [1.807, 2.05) is 6.92 Å². The zero-order chi connectivity index (χ0) is 15.8. The SMILES string of the molecule is CCCCCCCCCCCCCC(=O)OCCC(C)Cl. The molecule has 0 aliphatic heterocycles. The minimum Gasteiger partial charge on any atom is -0.466 e. The predicted molar refractivity (Wildman–Crippen MR) is 92.0 cm³/mol. The lowest BCUT2D eigenvalue weighted by Gasteiger charge is -2.06. The molecule has 0 fully saturated rings. The van der Waals surface area contributed by atoms with Gasteiger partial charge in [0.1, 0.15) is 0 Å². The van der Waals surface area contributed by atoms with Gasteiger partial charge in [0.2, 0.25) is 0 Å². The molecule has 0 radical (unpaired) electrons. The quantitative estimate of drug-likeness (QED) is 0.203. The summed E-state index contributed by atoms with van der Waals surface area (Å²) in [5, 5.41) is 0.0831. The Balaban J connectivity index is 3.12. The van der Waals surface area contributed by atoms with Crippen LogP contribution in [0.1, 0.15) is 97.3 Å². The van der Waals surface area contributed by atoms with E-state index in [0.29, 0.717) is 13.0 Å². The molecule has 0 aliphatic rings. The van der Waals surface area contributed by atoms with Gasteiger partial charge in [-0.05, 0) is 19.8 Å². The Bertz CT molecular complexity index is 229. The Morgan fingerprint density at radius 2 is 1.38 bits per heavy atom. The van der Waals surface area contributed by atoms with Crippen molar-refractivity contribution in [2.75, 3.05) is 6.61 Å². The van der Waals surface area contributed by atoms with Crippen molar-refractivity contribution in [1.29, 1.82) is 0 Å². The molecule has 2 nitrogen and oxygen atoms in total. The van der Waals surface area contributed by atoms with Crippen LogP contribution in [0.25, 0.3) is 0 Å². The van der Waals surface area contributed by atoms with E-state index in [1.165, 1.54) is 57.8 Å². The summed E-state index contributed by atoms with van der Waals surface area (Å²) < 4.78 is 5.12. The molecule has 0 saturated heterocycles. The van der Waals surface area contributed by atoms with Crippen LogP contribution < -0.4 is 0 Å². The molecule has 0 heterocycles. The average Bonchev–Trinajstić information content (AvgIpc) is 2.44. The summed E-state index contributed by atoms with van der Waals surface area (Å²) in [7, 11) is 0. The number of hydrogen-bond acceptors (Lipinski definition) is 2. The molecular formula is C18H35ClO2. The van der Waals surface area contributed by atoms with Crippen molar-refractivity contribution in [3.8, 4) is 0 Å². The molecule has 1 atom stereocenters. The molecule has 0 N–H and O–H groups in total. The van der Waals surface area contributed by atoms with Crippen LogP contribution in [0, 0.1) is 0 Å². The van der Waals surface area contributed by atoms with Gasteiger partial charge in [-0.2, -0.15) is 0 Å². The van der Waals surface area contributed by atoms with Crippen molar-refractivity contribution < 1.29 is 9.53 Å². The van der Waals surface area contributed by atoms with E-state index in [1.54, 1.807) is 0 Å². The first kappa shape index (κ1) is 20.8. The van der Waals surface area contributed by atoms with E-state index in [0.717, 1.165) is 19.3 Å². The van der Waals surface area contributed by atoms with Gasteiger partial charge in [0.15, 0.2) is 0 Å². The smallest absolute Gasteiger partial charge is 0.305 e. The second-order valence-electron chi connectivity index (χ2n) is 6.08. The highest BCUT2D eigenvalue weighted by Gasteiger charge is 2.03. The average molecular weight is 319 g/mol. The lowest BCUT2D eigenvalue weighted by molar-refractivity contribution is -0.143. The summed E-state index contributed by atoms with van der Waals surface area (Å²) in [6.45, 7) is 4.63. The predicted octanol–water partition coefficient (Wildman–Crippen LogP) is 6.25. The van der Waals surface area contributed by atoms with Crippen molar-refractivity contribution in [3.63, 3.8) is 0 Å². The molecule has 0 saturated carbocycles. The highest BCUT2D eigenvalue weighted by atomic mass is 35.5. The maximum atomic E-state index is 11.4. The van der Waals surface area contributed by atoms with E-state index in [4.69, 9.17) is 16.3 Å². The second kappa shape index (κ2) is 16.1. The molecule has 0 aliphatic carbocycles. The minimum absolute atomic E-state index is 0.0664. The highest BCUT2D eigenvalue weighted by molar-refractivity contribution is 6.20. The van der Waals surface area contributed by atoms with Crippen molar-refractivity contribution in [2.24, 2.45) is 0 Å². The summed E-state index contributed by atoms with van der Waals surface area (Å²) in [5.41, 5.74) is 0. The lowest BCUT2D eigenvalue weighted by Crippen LogP contribution is -2.08. The molecule has 3 heteroatoms.